The van der Waals surface area contributed by atoms with Crippen molar-refractivity contribution in [1.82, 2.24) is 15.2 Å². The first-order valence-corrected chi connectivity index (χ1v) is 9.49. The van der Waals surface area contributed by atoms with Gasteiger partial charge in [0.2, 0.25) is 0 Å². The lowest BCUT2D eigenvalue weighted by atomic mass is 9.78. The summed E-state index contributed by atoms with van der Waals surface area (Å²) in [4.78, 5) is 8.63. The molecule has 0 amide bonds. The van der Waals surface area contributed by atoms with Gasteiger partial charge >= 0.3 is 0 Å². The molecule has 0 atom stereocenters. The summed E-state index contributed by atoms with van der Waals surface area (Å²) in [7, 11) is 0. The van der Waals surface area contributed by atoms with Crippen molar-refractivity contribution >= 4 is 22.7 Å². The van der Waals surface area contributed by atoms with E-state index in [9.17, 15) is 0 Å². The molecule has 2 saturated heterocycles. The second-order valence-electron chi connectivity index (χ2n) is 6.35. The standard InChI is InChI=1S/C16H21N3S2/c1-8-20-11-13(1)15-18-9-14(21-15)10-19-7-4-16(12-19)2-5-17-6-3-16/h1,8-9,11,17H,2-7,10,12H2. The van der Waals surface area contributed by atoms with Gasteiger partial charge in [-0.15, -0.1) is 11.3 Å². The molecule has 1 N–H and O–H groups in total. The molecule has 3 nitrogen and oxygen atoms in total. The molecule has 0 aliphatic carbocycles. The summed E-state index contributed by atoms with van der Waals surface area (Å²) in [6.07, 6.45) is 6.16. The Morgan fingerprint density at radius 2 is 2.19 bits per heavy atom. The first-order chi connectivity index (χ1) is 10.3. The van der Waals surface area contributed by atoms with E-state index in [1.54, 1.807) is 11.3 Å². The molecule has 2 aromatic rings. The molecular formula is C16H21N3S2. The Hall–Kier alpha value is -0.750. The van der Waals surface area contributed by atoms with Crippen LogP contribution in [0.2, 0.25) is 0 Å². The van der Waals surface area contributed by atoms with Crippen molar-refractivity contribution in [2.75, 3.05) is 26.2 Å². The minimum atomic E-state index is 0.603. The lowest BCUT2D eigenvalue weighted by Crippen LogP contribution is -2.38. The van der Waals surface area contributed by atoms with E-state index in [0.717, 1.165) is 6.54 Å². The Kier molecular flexibility index (Phi) is 3.83. The highest BCUT2D eigenvalue weighted by Gasteiger charge is 2.38. The van der Waals surface area contributed by atoms with Crippen molar-refractivity contribution in [3.8, 4) is 10.6 Å². The normalized spacial score (nSPS) is 22.1. The molecule has 0 unspecified atom stereocenters. The van der Waals surface area contributed by atoms with Gasteiger partial charge in [-0.2, -0.15) is 11.3 Å². The van der Waals surface area contributed by atoms with E-state index in [-0.39, 0.29) is 0 Å². The Labute approximate surface area is 134 Å². The average molecular weight is 319 g/mol. The Balaban J connectivity index is 1.41. The number of nitrogens with zero attached hydrogens (tertiary/aromatic N) is 2. The van der Waals surface area contributed by atoms with Crippen molar-refractivity contribution in [2.24, 2.45) is 5.41 Å². The van der Waals surface area contributed by atoms with Crippen molar-refractivity contribution < 1.29 is 0 Å². The van der Waals surface area contributed by atoms with Gasteiger partial charge in [-0.05, 0) is 55.8 Å². The van der Waals surface area contributed by atoms with Gasteiger partial charge in [0.25, 0.3) is 0 Å². The molecule has 112 valence electrons. The van der Waals surface area contributed by atoms with E-state index in [2.05, 4.69) is 38.2 Å². The number of hydrogen-bond donors (Lipinski definition) is 1. The number of rotatable bonds is 3. The minimum Gasteiger partial charge on any atom is -0.317 e. The van der Waals surface area contributed by atoms with E-state index in [1.165, 1.54) is 60.9 Å². The molecular weight excluding hydrogens is 298 g/mol. The molecule has 2 aliphatic heterocycles. The molecule has 4 rings (SSSR count). The number of piperidine rings is 1. The number of aromatic nitrogens is 1. The zero-order valence-electron chi connectivity index (χ0n) is 12.2. The largest absolute Gasteiger partial charge is 0.317 e. The maximum atomic E-state index is 4.59. The molecule has 4 heterocycles. The van der Waals surface area contributed by atoms with E-state index in [4.69, 9.17) is 0 Å². The second kappa shape index (κ2) is 5.80. The zero-order valence-corrected chi connectivity index (χ0v) is 13.8. The number of likely N-dealkylation sites (tertiary alicyclic amines) is 1. The van der Waals surface area contributed by atoms with Gasteiger partial charge in [0.05, 0.1) is 0 Å². The third-order valence-electron chi connectivity index (χ3n) is 4.88. The van der Waals surface area contributed by atoms with Crippen LogP contribution >= 0.6 is 22.7 Å². The van der Waals surface area contributed by atoms with Gasteiger partial charge in [-0.1, -0.05) is 0 Å². The predicted octanol–water partition coefficient (Wildman–Crippen LogP) is 3.45. The summed E-state index contributed by atoms with van der Waals surface area (Å²) in [6.45, 7) is 6.02. The van der Waals surface area contributed by atoms with Crippen molar-refractivity contribution in [3.05, 3.63) is 27.9 Å². The fourth-order valence-corrected chi connectivity index (χ4v) is 5.31. The SMILES string of the molecule is c1cc(-c2ncc(CN3CCC4(CCNCC4)C3)s2)cs1. The molecule has 0 saturated carbocycles. The van der Waals surface area contributed by atoms with Gasteiger partial charge in [-0.25, -0.2) is 4.98 Å². The Bertz CT molecular complexity index is 584. The average Bonchev–Trinajstić information content (AvgIpc) is 3.22. The predicted molar refractivity (Wildman–Crippen MR) is 89.9 cm³/mol. The lowest BCUT2D eigenvalue weighted by Gasteiger charge is -2.33. The molecule has 2 aromatic heterocycles. The summed E-state index contributed by atoms with van der Waals surface area (Å²) < 4.78 is 0. The first kappa shape index (κ1) is 13.9. The van der Waals surface area contributed by atoms with Crippen LogP contribution in [0.3, 0.4) is 0 Å². The van der Waals surface area contributed by atoms with Gasteiger partial charge in [0.1, 0.15) is 5.01 Å². The molecule has 0 aromatic carbocycles. The summed E-state index contributed by atoms with van der Waals surface area (Å²) >= 11 is 3.60. The number of nitrogens with one attached hydrogen (secondary N) is 1. The van der Waals surface area contributed by atoms with Gasteiger partial charge < -0.3 is 5.32 Å². The summed E-state index contributed by atoms with van der Waals surface area (Å²) in [6, 6.07) is 2.16. The summed E-state index contributed by atoms with van der Waals surface area (Å²) in [5, 5.41) is 8.97. The van der Waals surface area contributed by atoms with Crippen LogP contribution in [0.1, 0.15) is 24.1 Å². The first-order valence-electron chi connectivity index (χ1n) is 7.73. The third-order valence-corrected chi connectivity index (χ3v) is 6.60. The quantitative estimate of drug-likeness (QED) is 0.939. The fraction of sp³-hybridized carbons (Fsp3) is 0.562. The highest BCUT2D eigenvalue weighted by molar-refractivity contribution is 7.15. The highest BCUT2D eigenvalue weighted by atomic mass is 32.1. The molecule has 2 aliphatic rings. The Morgan fingerprint density at radius 1 is 1.29 bits per heavy atom. The van der Waals surface area contributed by atoms with Gasteiger partial charge in [0, 0.05) is 35.1 Å². The maximum Gasteiger partial charge on any atom is 0.124 e. The molecule has 5 heteroatoms. The second-order valence-corrected chi connectivity index (χ2v) is 8.25. The van der Waals surface area contributed by atoms with Gasteiger partial charge in [-0.3, -0.25) is 4.90 Å². The van der Waals surface area contributed by atoms with E-state index >= 15 is 0 Å². The minimum absolute atomic E-state index is 0.603. The summed E-state index contributed by atoms with van der Waals surface area (Å²) in [5.41, 5.74) is 1.87. The van der Waals surface area contributed by atoms with Crippen LogP contribution in [0.25, 0.3) is 10.6 Å². The van der Waals surface area contributed by atoms with Crippen LogP contribution < -0.4 is 5.32 Å². The molecule has 0 bridgehead atoms. The van der Waals surface area contributed by atoms with Crippen LogP contribution in [-0.2, 0) is 6.54 Å². The highest BCUT2D eigenvalue weighted by Crippen LogP contribution is 2.39. The van der Waals surface area contributed by atoms with Crippen LogP contribution in [0, 0.1) is 5.41 Å². The van der Waals surface area contributed by atoms with Crippen molar-refractivity contribution in [1.29, 1.82) is 0 Å². The Morgan fingerprint density at radius 3 is 3.00 bits per heavy atom. The molecule has 0 radical (unpaired) electrons. The topological polar surface area (TPSA) is 28.2 Å². The smallest absolute Gasteiger partial charge is 0.124 e. The van der Waals surface area contributed by atoms with Crippen molar-refractivity contribution in [3.63, 3.8) is 0 Å². The van der Waals surface area contributed by atoms with Crippen LogP contribution in [0.5, 0.6) is 0 Å². The number of thiophene rings is 1. The van der Waals surface area contributed by atoms with E-state index in [0.29, 0.717) is 5.41 Å². The maximum absolute atomic E-state index is 4.59. The monoisotopic (exact) mass is 319 g/mol. The summed E-state index contributed by atoms with van der Waals surface area (Å²) in [5.74, 6) is 0. The van der Waals surface area contributed by atoms with Crippen LogP contribution in [-0.4, -0.2) is 36.1 Å². The molecule has 1 spiro atoms. The molecule has 2 fully saturated rings. The molecule has 21 heavy (non-hydrogen) atoms. The van der Waals surface area contributed by atoms with E-state index < -0.39 is 0 Å². The lowest BCUT2D eigenvalue weighted by molar-refractivity contribution is 0.194. The van der Waals surface area contributed by atoms with Crippen molar-refractivity contribution in [2.45, 2.75) is 25.8 Å². The van der Waals surface area contributed by atoms with Crippen LogP contribution in [0.15, 0.2) is 23.0 Å². The fourth-order valence-electron chi connectivity index (χ4n) is 3.65. The number of hydrogen-bond acceptors (Lipinski definition) is 5. The third kappa shape index (κ3) is 2.93. The zero-order chi connectivity index (χ0) is 14.1. The van der Waals surface area contributed by atoms with Gasteiger partial charge in [0.15, 0.2) is 0 Å². The van der Waals surface area contributed by atoms with Crippen LogP contribution in [0.4, 0.5) is 0 Å². The van der Waals surface area contributed by atoms with E-state index in [1.807, 2.05) is 11.3 Å². The number of thiazole rings is 1.